The zero-order chi connectivity index (χ0) is 21.8. The maximum absolute atomic E-state index is 12.6. The third-order valence-electron chi connectivity index (χ3n) is 6.14. The molecular weight excluding hydrogens is 416 g/mol. The van der Waals surface area contributed by atoms with E-state index in [2.05, 4.69) is 33.9 Å². The molecule has 0 N–H and O–H groups in total. The van der Waals surface area contributed by atoms with Crippen LogP contribution in [0.25, 0.3) is 0 Å². The first-order chi connectivity index (χ1) is 15.8. The lowest BCUT2D eigenvalue weighted by atomic mass is 9.85. The Hall–Kier alpha value is -3.18. The Morgan fingerprint density at radius 2 is 1.97 bits per heavy atom. The van der Waals surface area contributed by atoms with Crippen molar-refractivity contribution in [2.24, 2.45) is 0 Å². The van der Waals surface area contributed by atoms with Gasteiger partial charge in [0.2, 0.25) is 0 Å². The Balaban J connectivity index is 1.50. The molecule has 32 heavy (non-hydrogen) atoms. The highest BCUT2D eigenvalue weighted by Crippen LogP contribution is 2.35. The van der Waals surface area contributed by atoms with Crippen LogP contribution in [0.3, 0.4) is 0 Å². The largest absolute Gasteiger partial charge is 0.484 e. The molecule has 4 aromatic rings. The number of nitrogens with zero attached hydrogens (tertiary/aromatic N) is 2. The van der Waals surface area contributed by atoms with Gasteiger partial charge in [-0.3, -0.25) is 4.79 Å². The van der Waals surface area contributed by atoms with Crippen molar-refractivity contribution in [3.63, 3.8) is 0 Å². The van der Waals surface area contributed by atoms with Gasteiger partial charge >= 0.3 is 0 Å². The van der Waals surface area contributed by atoms with Gasteiger partial charge in [0.1, 0.15) is 11.9 Å². The molecule has 2 heterocycles. The van der Waals surface area contributed by atoms with Crippen molar-refractivity contribution in [2.75, 3.05) is 0 Å². The third-order valence-corrected chi connectivity index (χ3v) is 6.87. The van der Waals surface area contributed by atoms with Gasteiger partial charge in [0, 0.05) is 24.4 Å². The molecule has 0 amide bonds. The van der Waals surface area contributed by atoms with Crippen molar-refractivity contribution in [1.29, 1.82) is 0 Å². The van der Waals surface area contributed by atoms with Crippen molar-refractivity contribution in [3.8, 4) is 5.75 Å². The van der Waals surface area contributed by atoms with E-state index in [-0.39, 0.29) is 11.9 Å². The molecule has 0 fully saturated rings. The Morgan fingerprint density at radius 1 is 1.06 bits per heavy atom. The van der Waals surface area contributed by atoms with Crippen LogP contribution in [0.4, 0.5) is 0 Å². The van der Waals surface area contributed by atoms with Crippen LogP contribution in [-0.2, 0) is 25.8 Å². The number of carbonyl (C=O) groups is 1. The Bertz CT molecular complexity index is 1170. The van der Waals surface area contributed by atoms with Gasteiger partial charge in [-0.2, -0.15) is 11.3 Å². The molecule has 1 aliphatic rings. The number of ketones is 1. The zero-order valence-corrected chi connectivity index (χ0v) is 18.8. The summed E-state index contributed by atoms with van der Waals surface area (Å²) in [6.45, 7) is 0.671. The van der Waals surface area contributed by atoms with Gasteiger partial charge in [0.25, 0.3) is 0 Å². The maximum atomic E-state index is 12.6. The summed E-state index contributed by atoms with van der Waals surface area (Å²) in [6.07, 6.45) is 9.74. The van der Waals surface area contributed by atoms with Crippen molar-refractivity contribution >= 4 is 17.1 Å². The number of benzene rings is 2. The third kappa shape index (κ3) is 4.53. The second-order valence-corrected chi connectivity index (χ2v) is 9.03. The van der Waals surface area contributed by atoms with E-state index in [1.807, 2.05) is 47.4 Å². The first kappa shape index (κ1) is 20.7. The van der Waals surface area contributed by atoms with E-state index in [1.165, 1.54) is 16.7 Å². The molecule has 0 spiro atoms. The lowest BCUT2D eigenvalue weighted by Gasteiger charge is -2.26. The van der Waals surface area contributed by atoms with Crippen molar-refractivity contribution in [3.05, 3.63) is 106 Å². The van der Waals surface area contributed by atoms with Gasteiger partial charge in [-0.05, 0) is 76.9 Å². The van der Waals surface area contributed by atoms with Crippen molar-refractivity contribution in [2.45, 2.75) is 44.8 Å². The molecule has 1 unspecified atom stereocenters. The number of rotatable bonds is 8. The first-order valence-electron chi connectivity index (χ1n) is 11.1. The van der Waals surface area contributed by atoms with E-state index in [9.17, 15) is 4.79 Å². The number of imidazole rings is 1. The average molecular weight is 443 g/mol. The summed E-state index contributed by atoms with van der Waals surface area (Å²) in [6, 6.07) is 16.5. The molecule has 0 bridgehead atoms. The molecular formula is C27H26N2O2S. The number of hydrogen-bond acceptors (Lipinski definition) is 4. The van der Waals surface area contributed by atoms with Gasteiger partial charge in [-0.15, -0.1) is 0 Å². The quantitative estimate of drug-likeness (QED) is 0.333. The smallest absolute Gasteiger partial charge is 0.163 e. The molecule has 162 valence electrons. The highest BCUT2D eigenvalue weighted by molar-refractivity contribution is 7.07. The second-order valence-electron chi connectivity index (χ2n) is 8.25. The number of aryl methyl sites for hydroxylation is 1. The molecule has 1 aliphatic carbocycles. The molecule has 2 aromatic heterocycles. The normalized spacial score (nSPS) is 14.2. The van der Waals surface area contributed by atoms with Crippen LogP contribution in [0.5, 0.6) is 5.75 Å². The molecule has 0 radical (unpaired) electrons. The summed E-state index contributed by atoms with van der Waals surface area (Å²) in [5, 5.41) is 4.32. The molecule has 0 saturated carbocycles. The fraction of sp³-hybridized carbons (Fsp3) is 0.259. The summed E-state index contributed by atoms with van der Waals surface area (Å²) in [7, 11) is 0. The first-order valence-corrected chi connectivity index (χ1v) is 12.1. The minimum atomic E-state index is -0.150. The highest BCUT2D eigenvalue weighted by Gasteiger charge is 2.24. The molecule has 1 atom stereocenters. The highest BCUT2D eigenvalue weighted by atomic mass is 32.1. The van der Waals surface area contributed by atoms with Crippen LogP contribution >= 0.6 is 11.3 Å². The molecule has 0 aliphatic heterocycles. The Labute approximate surface area is 192 Å². The van der Waals surface area contributed by atoms with E-state index >= 15 is 0 Å². The number of fused-ring (bicyclic) bond motifs is 1. The summed E-state index contributed by atoms with van der Waals surface area (Å²) in [5.74, 6) is 1.15. The summed E-state index contributed by atoms with van der Waals surface area (Å²) < 4.78 is 8.77. The number of hydrogen-bond donors (Lipinski definition) is 0. The van der Waals surface area contributed by atoms with Crippen LogP contribution in [0.15, 0.2) is 78.0 Å². The predicted octanol–water partition coefficient (Wildman–Crippen LogP) is 6.07. The van der Waals surface area contributed by atoms with E-state index in [4.69, 9.17) is 4.74 Å². The number of thiophene rings is 1. The van der Waals surface area contributed by atoms with Crippen molar-refractivity contribution < 1.29 is 9.53 Å². The molecule has 4 nitrogen and oxygen atoms in total. The van der Waals surface area contributed by atoms with Crippen LogP contribution < -0.4 is 4.74 Å². The van der Waals surface area contributed by atoms with Gasteiger partial charge in [-0.25, -0.2) is 4.98 Å². The lowest BCUT2D eigenvalue weighted by molar-refractivity contribution is 0.0972. The van der Waals surface area contributed by atoms with Crippen LogP contribution in [0.2, 0.25) is 0 Å². The summed E-state index contributed by atoms with van der Waals surface area (Å²) >= 11 is 1.72. The fourth-order valence-electron chi connectivity index (χ4n) is 4.49. The minimum absolute atomic E-state index is 0.150. The van der Waals surface area contributed by atoms with Gasteiger partial charge in [0.05, 0.1) is 12.9 Å². The maximum Gasteiger partial charge on any atom is 0.163 e. The minimum Gasteiger partial charge on any atom is -0.484 e. The Morgan fingerprint density at radius 3 is 2.75 bits per heavy atom. The number of carbonyl (C=O) groups excluding carboxylic acids is 1. The number of ether oxygens (including phenoxy) is 1. The number of aromatic nitrogens is 2. The fourth-order valence-corrected chi connectivity index (χ4v) is 5.19. The van der Waals surface area contributed by atoms with Crippen LogP contribution in [0.1, 0.15) is 51.6 Å². The monoisotopic (exact) mass is 442 g/mol. The number of Topliss-reactive ketones (excluding diaryl/α,β-unsaturated/α-hetero) is 1. The van der Waals surface area contributed by atoms with Crippen LogP contribution in [0, 0.1) is 0 Å². The van der Waals surface area contributed by atoms with Gasteiger partial charge in [0.15, 0.2) is 5.78 Å². The van der Waals surface area contributed by atoms with Crippen LogP contribution in [-0.4, -0.2) is 15.3 Å². The van der Waals surface area contributed by atoms with Gasteiger partial charge < -0.3 is 9.30 Å². The van der Waals surface area contributed by atoms with E-state index < -0.39 is 0 Å². The standard InChI is InChI=1S/C27H26N2O2S/c30-25-8-4-7-22-23(25)11-12-26(24(22)10-9-20-13-16-32-18-20)31-27(17-29-15-14-28-19-29)21-5-2-1-3-6-21/h1-3,5-6,11-16,18-19,27H,4,7-10,17H2. The second kappa shape index (κ2) is 9.53. The van der Waals surface area contributed by atoms with Gasteiger partial charge in [-0.1, -0.05) is 30.3 Å². The van der Waals surface area contributed by atoms with E-state index in [0.29, 0.717) is 13.0 Å². The van der Waals surface area contributed by atoms with Crippen molar-refractivity contribution in [1.82, 2.24) is 9.55 Å². The SMILES string of the molecule is O=C1CCCc2c1ccc(OC(Cn1ccnc1)c1ccccc1)c2CCc1ccsc1. The molecule has 2 aromatic carbocycles. The topological polar surface area (TPSA) is 44.1 Å². The lowest BCUT2D eigenvalue weighted by Crippen LogP contribution is -2.18. The Kier molecular flexibility index (Phi) is 6.17. The van der Waals surface area contributed by atoms with E-state index in [1.54, 1.807) is 17.5 Å². The van der Waals surface area contributed by atoms with E-state index in [0.717, 1.165) is 42.6 Å². The summed E-state index contributed by atoms with van der Waals surface area (Å²) in [5.41, 5.74) is 5.71. The molecule has 0 saturated heterocycles. The predicted molar refractivity (Wildman–Crippen MR) is 127 cm³/mol. The molecule has 5 heteroatoms. The summed E-state index contributed by atoms with van der Waals surface area (Å²) in [4.78, 5) is 16.8. The zero-order valence-electron chi connectivity index (χ0n) is 17.9. The molecule has 5 rings (SSSR count). The average Bonchev–Trinajstić information content (AvgIpc) is 3.53.